The highest BCUT2D eigenvalue weighted by Gasteiger charge is 2.42. The summed E-state index contributed by atoms with van der Waals surface area (Å²) in [6, 6.07) is 7.84. The fourth-order valence-corrected chi connectivity index (χ4v) is 5.48. The summed E-state index contributed by atoms with van der Waals surface area (Å²) in [6.45, 7) is 5.33. The number of carbonyl (C=O) groups is 2. The maximum absolute atomic E-state index is 13.0. The van der Waals surface area contributed by atoms with Crippen molar-refractivity contribution >= 4 is 11.8 Å². The van der Waals surface area contributed by atoms with E-state index in [1.54, 1.807) is 6.20 Å². The lowest BCUT2D eigenvalue weighted by molar-refractivity contribution is -0.137. The summed E-state index contributed by atoms with van der Waals surface area (Å²) in [6.07, 6.45) is 0.523. The van der Waals surface area contributed by atoms with E-state index in [0.29, 0.717) is 38.2 Å². The van der Waals surface area contributed by atoms with Crippen molar-refractivity contribution in [3.63, 3.8) is 0 Å². The van der Waals surface area contributed by atoms with Crippen LogP contribution in [-0.2, 0) is 21.3 Å². The third kappa shape index (κ3) is 7.38. The molecule has 11 heteroatoms. The SMILES string of the molecule is CCCO[C@H]1CN(C2CCC(O)(c3ccc(C)cn3)CC2)C[C@@H]1NC(=O)CNC(=O)c1cccc(C(F)(F)F)c1. The molecule has 1 saturated carbocycles. The lowest BCUT2D eigenvalue weighted by Gasteiger charge is -2.39. The molecule has 8 nitrogen and oxygen atoms in total. The first-order valence-electron chi connectivity index (χ1n) is 13.7. The molecule has 4 rings (SSSR count). The zero-order valence-electron chi connectivity index (χ0n) is 22.8. The molecule has 0 spiro atoms. The summed E-state index contributed by atoms with van der Waals surface area (Å²) in [5.41, 5.74) is -0.313. The van der Waals surface area contributed by atoms with Crippen molar-refractivity contribution in [1.82, 2.24) is 20.5 Å². The third-order valence-corrected chi connectivity index (χ3v) is 7.73. The fourth-order valence-electron chi connectivity index (χ4n) is 5.48. The molecule has 40 heavy (non-hydrogen) atoms. The van der Waals surface area contributed by atoms with Crippen LogP contribution < -0.4 is 10.6 Å². The first-order valence-corrected chi connectivity index (χ1v) is 13.7. The number of hydrogen-bond acceptors (Lipinski definition) is 6. The van der Waals surface area contributed by atoms with Crippen LogP contribution in [0, 0.1) is 6.92 Å². The number of likely N-dealkylation sites (tertiary alicyclic amines) is 1. The molecule has 0 bridgehead atoms. The highest BCUT2D eigenvalue weighted by Crippen LogP contribution is 2.38. The second-order valence-electron chi connectivity index (χ2n) is 10.8. The lowest BCUT2D eigenvalue weighted by Crippen LogP contribution is -2.48. The number of benzene rings is 1. The molecule has 2 heterocycles. The predicted octanol–water partition coefficient (Wildman–Crippen LogP) is 3.56. The van der Waals surface area contributed by atoms with E-state index in [9.17, 15) is 27.9 Å². The quantitative estimate of drug-likeness (QED) is 0.432. The number of pyridine rings is 1. The predicted molar refractivity (Wildman–Crippen MR) is 142 cm³/mol. The third-order valence-electron chi connectivity index (χ3n) is 7.73. The van der Waals surface area contributed by atoms with E-state index < -0.39 is 29.2 Å². The normalized spacial score (nSPS) is 25.5. The molecule has 2 amide bonds. The van der Waals surface area contributed by atoms with Gasteiger partial charge in [0.1, 0.15) is 5.60 Å². The molecular weight excluding hydrogens is 525 g/mol. The number of amides is 2. The average Bonchev–Trinajstić information content (AvgIpc) is 3.33. The van der Waals surface area contributed by atoms with Crippen molar-refractivity contribution in [1.29, 1.82) is 0 Å². The molecule has 2 aromatic rings. The number of aryl methyl sites for hydroxylation is 1. The van der Waals surface area contributed by atoms with Crippen molar-refractivity contribution in [3.8, 4) is 0 Å². The van der Waals surface area contributed by atoms with Gasteiger partial charge in [-0.15, -0.1) is 0 Å². The smallest absolute Gasteiger partial charge is 0.384 e. The molecule has 218 valence electrons. The molecule has 0 radical (unpaired) electrons. The Morgan fingerprint density at radius 2 is 1.93 bits per heavy atom. The number of halogens is 3. The number of aromatic nitrogens is 1. The van der Waals surface area contributed by atoms with Crippen LogP contribution in [0.5, 0.6) is 0 Å². The van der Waals surface area contributed by atoms with Crippen LogP contribution in [0.25, 0.3) is 0 Å². The second-order valence-corrected chi connectivity index (χ2v) is 10.8. The number of hydrogen-bond donors (Lipinski definition) is 3. The summed E-state index contributed by atoms with van der Waals surface area (Å²) >= 11 is 0. The summed E-state index contributed by atoms with van der Waals surface area (Å²) in [7, 11) is 0. The summed E-state index contributed by atoms with van der Waals surface area (Å²) in [4.78, 5) is 31.8. The number of carbonyl (C=O) groups excluding carboxylic acids is 2. The fraction of sp³-hybridized carbons (Fsp3) is 0.552. The van der Waals surface area contributed by atoms with E-state index in [4.69, 9.17) is 4.74 Å². The van der Waals surface area contributed by atoms with E-state index >= 15 is 0 Å². The van der Waals surface area contributed by atoms with Crippen molar-refractivity contribution in [3.05, 3.63) is 65.0 Å². The van der Waals surface area contributed by atoms with Gasteiger partial charge in [0.25, 0.3) is 5.91 Å². The second kappa shape index (κ2) is 12.7. The Labute approximate surface area is 232 Å². The summed E-state index contributed by atoms with van der Waals surface area (Å²) in [5.74, 6) is -1.20. The Kier molecular flexibility index (Phi) is 9.48. The van der Waals surface area contributed by atoms with Crippen LogP contribution in [0.15, 0.2) is 42.6 Å². The minimum absolute atomic E-state index is 0.170. The zero-order valence-corrected chi connectivity index (χ0v) is 22.8. The number of nitrogens with zero attached hydrogens (tertiary/aromatic N) is 2. The molecule has 1 saturated heterocycles. The number of nitrogens with one attached hydrogen (secondary N) is 2. The minimum atomic E-state index is -4.57. The van der Waals surface area contributed by atoms with Crippen molar-refractivity contribution < 1.29 is 32.6 Å². The van der Waals surface area contributed by atoms with Gasteiger partial charge >= 0.3 is 6.18 Å². The van der Waals surface area contributed by atoms with Gasteiger partial charge in [-0.3, -0.25) is 19.5 Å². The molecule has 1 aliphatic heterocycles. The molecule has 1 aromatic heterocycles. The van der Waals surface area contributed by atoms with Crippen molar-refractivity contribution in [2.45, 2.75) is 75.9 Å². The van der Waals surface area contributed by atoms with Crippen LogP contribution in [0.2, 0.25) is 0 Å². The number of aliphatic hydroxyl groups is 1. The molecule has 1 aromatic carbocycles. The standard InChI is InChI=1S/C29H37F3N4O4/c1-3-13-40-24-18-36(22-9-11-28(39,12-10-22)25-8-7-19(2)15-33-25)17-23(24)35-26(37)16-34-27(38)20-5-4-6-21(14-20)29(30,31)32/h4-8,14-15,22-24,39H,3,9-13,16-18H2,1-2H3,(H,34,38)(H,35,37)/t22?,23-,24-,28?/m0/s1. The first-order chi connectivity index (χ1) is 19.0. The number of ether oxygens (including phenoxy) is 1. The Morgan fingerprint density at radius 1 is 1.18 bits per heavy atom. The largest absolute Gasteiger partial charge is 0.416 e. The van der Waals surface area contributed by atoms with Gasteiger partial charge in [0, 0.05) is 37.5 Å². The number of rotatable bonds is 9. The van der Waals surface area contributed by atoms with Gasteiger partial charge in [-0.1, -0.05) is 19.1 Å². The molecule has 2 fully saturated rings. The summed E-state index contributed by atoms with van der Waals surface area (Å²) in [5, 5.41) is 16.6. The molecular formula is C29H37F3N4O4. The van der Waals surface area contributed by atoms with Gasteiger partial charge in [0.2, 0.25) is 5.91 Å². The van der Waals surface area contributed by atoms with Gasteiger partial charge < -0.3 is 20.5 Å². The highest BCUT2D eigenvalue weighted by atomic mass is 19.4. The molecule has 3 N–H and O–H groups in total. The van der Waals surface area contributed by atoms with E-state index in [2.05, 4.69) is 20.5 Å². The Hall–Kier alpha value is -3.02. The number of alkyl halides is 3. The van der Waals surface area contributed by atoms with E-state index in [-0.39, 0.29) is 30.3 Å². The van der Waals surface area contributed by atoms with Gasteiger partial charge in [-0.25, -0.2) is 0 Å². The van der Waals surface area contributed by atoms with Crippen LogP contribution in [0.4, 0.5) is 13.2 Å². The zero-order chi connectivity index (χ0) is 28.9. The van der Waals surface area contributed by atoms with Gasteiger partial charge in [-0.2, -0.15) is 13.2 Å². The minimum Gasteiger partial charge on any atom is -0.384 e. The van der Waals surface area contributed by atoms with Gasteiger partial charge in [0.05, 0.1) is 29.9 Å². The lowest BCUT2D eigenvalue weighted by atomic mass is 9.79. The average molecular weight is 563 g/mol. The van der Waals surface area contributed by atoms with Gasteiger partial charge in [0.15, 0.2) is 0 Å². The van der Waals surface area contributed by atoms with Gasteiger partial charge in [-0.05, 0) is 68.9 Å². The Morgan fingerprint density at radius 3 is 2.58 bits per heavy atom. The van der Waals surface area contributed by atoms with Crippen LogP contribution in [0.1, 0.15) is 66.2 Å². The topological polar surface area (TPSA) is 104 Å². The molecule has 2 aliphatic rings. The van der Waals surface area contributed by atoms with Crippen molar-refractivity contribution in [2.75, 3.05) is 26.2 Å². The van der Waals surface area contributed by atoms with E-state index in [1.165, 1.54) is 6.07 Å². The van der Waals surface area contributed by atoms with E-state index in [1.807, 2.05) is 26.0 Å². The Bertz CT molecular complexity index is 1170. The maximum Gasteiger partial charge on any atom is 0.416 e. The molecule has 2 atom stereocenters. The highest BCUT2D eigenvalue weighted by molar-refractivity contribution is 5.96. The monoisotopic (exact) mass is 562 g/mol. The maximum atomic E-state index is 13.0. The van der Waals surface area contributed by atoms with Crippen LogP contribution in [-0.4, -0.2) is 71.2 Å². The van der Waals surface area contributed by atoms with Crippen LogP contribution >= 0.6 is 0 Å². The summed E-state index contributed by atoms with van der Waals surface area (Å²) < 4.78 is 44.9. The first kappa shape index (κ1) is 30.0. The molecule has 0 unspecified atom stereocenters. The molecule has 1 aliphatic carbocycles. The Balaban J connectivity index is 1.31. The van der Waals surface area contributed by atoms with Crippen molar-refractivity contribution in [2.24, 2.45) is 0 Å². The van der Waals surface area contributed by atoms with E-state index in [0.717, 1.165) is 43.0 Å². The van der Waals surface area contributed by atoms with Crippen LogP contribution in [0.3, 0.4) is 0 Å².